The van der Waals surface area contributed by atoms with Crippen molar-refractivity contribution in [2.45, 2.75) is 25.6 Å². The van der Waals surface area contributed by atoms with Gasteiger partial charge in [-0.25, -0.2) is 0 Å². The third-order valence-corrected chi connectivity index (χ3v) is 5.38. The van der Waals surface area contributed by atoms with Gasteiger partial charge in [-0.3, -0.25) is 0 Å². The van der Waals surface area contributed by atoms with Gasteiger partial charge >= 0.3 is 0 Å². The molecular formula is C24H22OSi. The fourth-order valence-corrected chi connectivity index (χ4v) is 3.81. The van der Waals surface area contributed by atoms with E-state index in [1.54, 1.807) is 0 Å². The Labute approximate surface area is 156 Å². The maximum atomic E-state index is 6.11. The molecular weight excluding hydrogens is 332 g/mol. The van der Waals surface area contributed by atoms with Crippen LogP contribution in [0.25, 0.3) is 0 Å². The molecule has 3 aromatic rings. The number of rotatable bonds is 1. The molecule has 0 saturated carbocycles. The summed E-state index contributed by atoms with van der Waals surface area (Å²) in [6.07, 6.45) is 0. The van der Waals surface area contributed by atoms with Gasteiger partial charge in [0.15, 0.2) is 0 Å². The summed E-state index contributed by atoms with van der Waals surface area (Å²) in [5.74, 6) is 5.42. The molecule has 0 saturated heterocycles. The maximum absolute atomic E-state index is 6.11. The van der Waals surface area contributed by atoms with Gasteiger partial charge in [0.25, 0.3) is 0 Å². The van der Waals surface area contributed by atoms with E-state index in [0.29, 0.717) is 0 Å². The first-order valence-corrected chi connectivity index (χ1v) is 12.5. The molecule has 0 amide bonds. The third kappa shape index (κ3) is 3.31. The van der Waals surface area contributed by atoms with Crippen molar-refractivity contribution < 1.29 is 4.74 Å². The van der Waals surface area contributed by atoms with Gasteiger partial charge < -0.3 is 4.74 Å². The van der Waals surface area contributed by atoms with Gasteiger partial charge in [-0.2, -0.15) is 0 Å². The summed E-state index contributed by atoms with van der Waals surface area (Å²) in [6.45, 7) is 6.80. The van der Waals surface area contributed by atoms with Gasteiger partial charge in [-0.05, 0) is 29.8 Å². The maximum Gasteiger partial charge on any atom is 0.131 e. The molecule has 0 radical (unpaired) electrons. The van der Waals surface area contributed by atoms with Crippen molar-refractivity contribution in [3.05, 3.63) is 95.1 Å². The zero-order valence-corrected chi connectivity index (χ0v) is 16.4. The Kier molecular flexibility index (Phi) is 4.18. The normalized spacial score (nSPS) is 13.0. The number of hydrogen-bond acceptors (Lipinski definition) is 1. The number of fused-ring (bicyclic) bond motifs is 2. The lowest BCUT2D eigenvalue weighted by Crippen LogP contribution is -2.16. The van der Waals surface area contributed by atoms with Gasteiger partial charge in [0.05, 0.1) is 0 Å². The Hall–Kier alpha value is -2.76. The van der Waals surface area contributed by atoms with E-state index < -0.39 is 8.07 Å². The molecule has 1 heterocycles. The second-order valence-corrected chi connectivity index (χ2v) is 12.5. The Bertz CT molecular complexity index is 955. The summed E-state index contributed by atoms with van der Waals surface area (Å²) >= 11 is 0. The minimum atomic E-state index is -1.36. The fraction of sp³-hybridized carbons (Fsp3) is 0.167. The average molecular weight is 355 g/mol. The largest absolute Gasteiger partial charge is 0.457 e. The monoisotopic (exact) mass is 354 g/mol. The van der Waals surface area contributed by atoms with Crippen LogP contribution >= 0.6 is 0 Å². The SMILES string of the molecule is C[Si](C)(C)C#Cc1ccc(C2c3ccccc3Oc3ccccc32)cc1. The van der Waals surface area contributed by atoms with E-state index in [4.69, 9.17) is 4.74 Å². The summed E-state index contributed by atoms with van der Waals surface area (Å²) in [5, 5.41) is 0. The molecule has 128 valence electrons. The number of para-hydroxylation sites is 2. The number of benzene rings is 3. The standard InChI is InChI=1S/C24H22OSi/c1-26(2,3)17-16-18-12-14-19(15-13-18)24-20-8-4-6-10-22(20)25-23-11-7-5-9-21(23)24/h4-15,24H,1-3H3. The highest BCUT2D eigenvalue weighted by Gasteiger charge is 2.27. The molecule has 0 aliphatic carbocycles. The molecule has 0 aromatic heterocycles. The van der Waals surface area contributed by atoms with Crippen LogP contribution in [-0.4, -0.2) is 8.07 Å². The highest BCUT2D eigenvalue weighted by Crippen LogP contribution is 2.46. The van der Waals surface area contributed by atoms with Crippen molar-refractivity contribution in [3.63, 3.8) is 0 Å². The summed E-state index contributed by atoms with van der Waals surface area (Å²) < 4.78 is 6.11. The van der Waals surface area contributed by atoms with Crippen LogP contribution in [0.15, 0.2) is 72.8 Å². The van der Waals surface area contributed by atoms with Crippen LogP contribution in [0.2, 0.25) is 19.6 Å². The molecule has 1 nitrogen and oxygen atoms in total. The molecule has 26 heavy (non-hydrogen) atoms. The Morgan fingerprint density at radius 1 is 0.731 bits per heavy atom. The van der Waals surface area contributed by atoms with Gasteiger partial charge in [0.1, 0.15) is 19.6 Å². The minimum Gasteiger partial charge on any atom is -0.457 e. The summed E-state index contributed by atoms with van der Waals surface area (Å²) in [6, 6.07) is 25.3. The van der Waals surface area contributed by atoms with Crippen LogP contribution in [0.4, 0.5) is 0 Å². The molecule has 0 fully saturated rings. The van der Waals surface area contributed by atoms with E-state index in [1.807, 2.05) is 24.3 Å². The quantitative estimate of drug-likeness (QED) is 0.292. The van der Waals surface area contributed by atoms with Crippen LogP contribution < -0.4 is 4.74 Å². The lowest BCUT2D eigenvalue weighted by atomic mass is 9.82. The summed E-state index contributed by atoms with van der Waals surface area (Å²) in [4.78, 5) is 0. The van der Waals surface area contributed by atoms with Crippen molar-refractivity contribution in [2.24, 2.45) is 0 Å². The van der Waals surface area contributed by atoms with E-state index in [9.17, 15) is 0 Å². The second kappa shape index (κ2) is 6.51. The van der Waals surface area contributed by atoms with Crippen LogP contribution in [0.3, 0.4) is 0 Å². The van der Waals surface area contributed by atoms with Crippen LogP contribution in [-0.2, 0) is 0 Å². The van der Waals surface area contributed by atoms with E-state index in [0.717, 1.165) is 17.1 Å². The van der Waals surface area contributed by atoms with Crippen molar-refractivity contribution in [1.29, 1.82) is 0 Å². The Morgan fingerprint density at radius 2 is 1.27 bits per heavy atom. The summed E-state index contributed by atoms with van der Waals surface area (Å²) in [7, 11) is -1.36. The molecule has 0 atom stereocenters. The molecule has 0 spiro atoms. The highest BCUT2D eigenvalue weighted by molar-refractivity contribution is 6.83. The molecule has 0 bridgehead atoms. The van der Waals surface area contributed by atoms with E-state index in [-0.39, 0.29) is 5.92 Å². The fourth-order valence-electron chi connectivity index (χ4n) is 3.29. The molecule has 2 heteroatoms. The van der Waals surface area contributed by atoms with Gasteiger partial charge in [0.2, 0.25) is 0 Å². The van der Waals surface area contributed by atoms with Crippen molar-refractivity contribution in [3.8, 4) is 23.0 Å². The third-order valence-electron chi connectivity index (χ3n) is 4.51. The topological polar surface area (TPSA) is 9.23 Å². The van der Waals surface area contributed by atoms with Crippen molar-refractivity contribution >= 4 is 8.07 Å². The summed E-state index contributed by atoms with van der Waals surface area (Å²) in [5.41, 5.74) is 8.23. The predicted octanol–water partition coefficient (Wildman–Crippen LogP) is 6.20. The lowest BCUT2D eigenvalue weighted by molar-refractivity contribution is 0.453. The minimum absolute atomic E-state index is 0.190. The van der Waals surface area contributed by atoms with Crippen LogP contribution in [0.1, 0.15) is 28.2 Å². The van der Waals surface area contributed by atoms with Crippen LogP contribution in [0, 0.1) is 11.5 Å². The smallest absolute Gasteiger partial charge is 0.131 e. The number of ether oxygens (including phenoxy) is 1. The van der Waals surface area contributed by atoms with Crippen molar-refractivity contribution in [2.75, 3.05) is 0 Å². The van der Waals surface area contributed by atoms with Gasteiger partial charge in [-0.1, -0.05) is 74.1 Å². The first kappa shape index (κ1) is 16.7. The van der Waals surface area contributed by atoms with Crippen molar-refractivity contribution in [1.82, 2.24) is 0 Å². The zero-order chi connectivity index (χ0) is 18.1. The molecule has 4 rings (SSSR count). The molecule has 3 aromatic carbocycles. The first-order valence-electron chi connectivity index (χ1n) is 9.00. The molecule has 0 N–H and O–H groups in total. The second-order valence-electron chi connectivity index (χ2n) is 7.73. The highest BCUT2D eigenvalue weighted by atomic mass is 28.3. The average Bonchev–Trinajstić information content (AvgIpc) is 2.64. The van der Waals surface area contributed by atoms with E-state index >= 15 is 0 Å². The first-order chi connectivity index (χ1) is 12.5. The molecule has 1 aliphatic rings. The Morgan fingerprint density at radius 3 is 1.81 bits per heavy atom. The van der Waals surface area contributed by atoms with Crippen LogP contribution in [0.5, 0.6) is 11.5 Å². The van der Waals surface area contributed by atoms with E-state index in [1.165, 1.54) is 16.7 Å². The molecule has 0 unspecified atom stereocenters. The lowest BCUT2D eigenvalue weighted by Gasteiger charge is -2.28. The molecule has 1 aliphatic heterocycles. The van der Waals surface area contributed by atoms with E-state index in [2.05, 4.69) is 79.6 Å². The van der Waals surface area contributed by atoms with Gasteiger partial charge in [-0.15, -0.1) is 5.54 Å². The van der Waals surface area contributed by atoms with Gasteiger partial charge in [0, 0.05) is 22.6 Å². The Balaban J connectivity index is 1.77. The zero-order valence-electron chi connectivity index (χ0n) is 15.4. The predicted molar refractivity (Wildman–Crippen MR) is 111 cm³/mol. The number of hydrogen-bond donors (Lipinski definition) is 0.